The molecule has 0 unspecified atom stereocenters. The first kappa shape index (κ1) is 19.7. The first-order valence-electron chi connectivity index (χ1n) is 9.21. The summed E-state index contributed by atoms with van der Waals surface area (Å²) >= 11 is 5.24. The predicted molar refractivity (Wildman–Crippen MR) is 115 cm³/mol. The fraction of sp³-hybridized carbons (Fsp3) is 0.238. The van der Waals surface area contributed by atoms with Crippen molar-refractivity contribution in [3.63, 3.8) is 0 Å². The summed E-state index contributed by atoms with van der Waals surface area (Å²) in [6.07, 6.45) is 6.59. The van der Waals surface area contributed by atoms with Crippen LogP contribution in [0.5, 0.6) is 5.75 Å². The molecule has 2 aromatic carbocycles. The van der Waals surface area contributed by atoms with Gasteiger partial charge < -0.3 is 10.1 Å². The van der Waals surface area contributed by atoms with Crippen LogP contribution in [0, 0.1) is 0 Å². The third-order valence-electron chi connectivity index (χ3n) is 4.09. The van der Waals surface area contributed by atoms with E-state index in [0.29, 0.717) is 17.7 Å². The Hall–Kier alpha value is -3.06. The summed E-state index contributed by atoms with van der Waals surface area (Å²) in [4.78, 5) is 20.8. The summed E-state index contributed by atoms with van der Waals surface area (Å²) in [5.41, 5.74) is 2.63. The lowest BCUT2D eigenvalue weighted by molar-refractivity contribution is 0.0978. The zero-order valence-electron chi connectivity index (χ0n) is 15.6. The number of aromatic nitrogens is 2. The Labute approximate surface area is 169 Å². The third-order valence-corrected chi connectivity index (χ3v) is 4.29. The number of ether oxygens (including phenoxy) is 1. The number of nitrogens with one attached hydrogen (secondary N) is 2. The molecule has 0 saturated heterocycles. The lowest BCUT2D eigenvalue weighted by atomic mass is 10.2. The zero-order chi connectivity index (χ0) is 19.8. The van der Waals surface area contributed by atoms with Crippen molar-refractivity contribution in [3.8, 4) is 5.75 Å². The second kappa shape index (κ2) is 9.75. The third kappa shape index (κ3) is 5.47. The highest BCUT2D eigenvalue weighted by molar-refractivity contribution is 7.80. The Morgan fingerprint density at radius 3 is 2.54 bits per heavy atom. The molecular weight excluding hydrogens is 372 g/mol. The van der Waals surface area contributed by atoms with E-state index in [1.807, 2.05) is 24.3 Å². The van der Waals surface area contributed by atoms with Gasteiger partial charge in [0.05, 0.1) is 17.6 Å². The minimum absolute atomic E-state index is 0.223. The number of hydrogen-bond donors (Lipinski definition) is 2. The van der Waals surface area contributed by atoms with Crippen molar-refractivity contribution >= 4 is 40.0 Å². The molecule has 0 aliphatic carbocycles. The number of benzene rings is 2. The average molecular weight is 395 g/mol. The molecule has 0 spiro atoms. The van der Waals surface area contributed by atoms with Gasteiger partial charge in [-0.05, 0) is 61.1 Å². The second-order valence-corrected chi connectivity index (χ2v) is 6.66. The molecule has 1 heterocycles. The summed E-state index contributed by atoms with van der Waals surface area (Å²) in [7, 11) is 0. The van der Waals surface area contributed by atoms with E-state index < -0.39 is 0 Å². The summed E-state index contributed by atoms with van der Waals surface area (Å²) in [6.45, 7) is 2.88. The molecule has 0 atom stereocenters. The maximum atomic E-state index is 12.4. The van der Waals surface area contributed by atoms with Gasteiger partial charge >= 0.3 is 0 Å². The number of thiocarbonyl (C=S) groups is 1. The van der Waals surface area contributed by atoms with E-state index in [4.69, 9.17) is 17.0 Å². The molecule has 0 aliphatic heterocycles. The smallest absolute Gasteiger partial charge is 0.257 e. The second-order valence-electron chi connectivity index (χ2n) is 6.25. The molecular formula is C21H22N4O2S. The van der Waals surface area contributed by atoms with Crippen LogP contribution in [0.4, 0.5) is 5.69 Å². The largest absolute Gasteiger partial charge is 0.494 e. The molecule has 0 aliphatic rings. The van der Waals surface area contributed by atoms with Crippen LogP contribution in [0.2, 0.25) is 0 Å². The molecule has 144 valence electrons. The van der Waals surface area contributed by atoms with Gasteiger partial charge in [-0.15, -0.1) is 0 Å². The van der Waals surface area contributed by atoms with Gasteiger partial charge in [0.2, 0.25) is 0 Å². The first-order chi connectivity index (χ1) is 13.7. The summed E-state index contributed by atoms with van der Waals surface area (Å²) in [5.74, 6) is 0.509. The maximum absolute atomic E-state index is 12.4. The highest BCUT2D eigenvalue weighted by atomic mass is 32.1. The summed E-state index contributed by atoms with van der Waals surface area (Å²) < 4.78 is 5.68. The van der Waals surface area contributed by atoms with Gasteiger partial charge in [-0.25, -0.2) is 0 Å². The normalized spacial score (nSPS) is 10.5. The number of amides is 1. The van der Waals surface area contributed by atoms with Crippen molar-refractivity contribution in [1.82, 2.24) is 15.3 Å². The molecule has 28 heavy (non-hydrogen) atoms. The molecule has 0 saturated carbocycles. The number of hydrogen-bond acceptors (Lipinski definition) is 5. The van der Waals surface area contributed by atoms with Gasteiger partial charge in [0.1, 0.15) is 5.75 Å². The van der Waals surface area contributed by atoms with E-state index in [1.54, 1.807) is 30.6 Å². The molecule has 0 bridgehead atoms. The highest BCUT2D eigenvalue weighted by Gasteiger charge is 2.09. The van der Waals surface area contributed by atoms with Crippen molar-refractivity contribution in [2.24, 2.45) is 0 Å². The van der Waals surface area contributed by atoms with Crippen LogP contribution in [0.3, 0.4) is 0 Å². The van der Waals surface area contributed by atoms with E-state index in [1.165, 1.54) is 6.42 Å². The van der Waals surface area contributed by atoms with Gasteiger partial charge in [-0.1, -0.05) is 19.8 Å². The number of carbonyl (C=O) groups is 1. The number of fused-ring (bicyclic) bond motifs is 1. The van der Waals surface area contributed by atoms with Crippen LogP contribution in [0.15, 0.2) is 54.9 Å². The zero-order valence-corrected chi connectivity index (χ0v) is 16.5. The van der Waals surface area contributed by atoms with E-state index in [2.05, 4.69) is 27.5 Å². The summed E-state index contributed by atoms with van der Waals surface area (Å²) in [6, 6.07) is 12.6. The maximum Gasteiger partial charge on any atom is 0.257 e. The van der Waals surface area contributed by atoms with Crippen LogP contribution >= 0.6 is 12.2 Å². The minimum Gasteiger partial charge on any atom is -0.494 e. The molecule has 3 rings (SSSR count). The van der Waals surface area contributed by atoms with Gasteiger partial charge in [0.25, 0.3) is 5.91 Å². The van der Waals surface area contributed by atoms with Crippen molar-refractivity contribution in [1.29, 1.82) is 0 Å². The quantitative estimate of drug-likeness (QED) is 0.459. The van der Waals surface area contributed by atoms with Crippen LogP contribution in [0.1, 0.15) is 36.5 Å². The number of rotatable bonds is 7. The minimum atomic E-state index is -0.305. The van der Waals surface area contributed by atoms with Crippen molar-refractivity contribution in [2.75, 3.05) is 11.9 Å². The Kier molecular flexibility index (Phi) is 6.86. The van der Waals surface area contributed by atoms with Gasteiger partial charge in [-0.3, -0.25) is 20.1 Å². The van der Waals surface area contributed by atoms with E-state index in [0.717, 1.165) is 29.8 Å². The predicted octanol–water partition coefficient (Wildman–Crippen LogP) is 4.33. The molecule has 1 amide bonds. The van der Waals surface area contributed by atoms with Gasteiger partial charge in [-0.2, -0.15) is 0 Å². The summed E-state index contributed by atoms with van der Waals surface area (Å²) in [5, 5.41) is 5.90. The molecule has 0 fully saturated rings. The van der Waals surface area contributed by atoms with Gasteiger partial charge in [0, 0.05) is 23.6 Å². The fourth-order valence-electron chi connectivity index (χ4n) is 2.62. The monoisotopic (exact) mass is 394 g/mol. The Morgan fingerprint density at radius 1 is 1.04 bits per heavy atom. The fourth-order valence-corrected chi connectivity index (χ4v) is 2.83. The molecule has 7 heteroatoms. The van der Waals surface area contributed by atoms with Crippen LogP contribution in [-0.2, 0) is 0 Å². The van der Waals surface area contributed by atoms with Gasteiger partial charge in [0.15, 0.2) is 5.11 Å². The molecule has 1 aromatic heterocycles. The molecule has 2 N–H and O–H groups in total. The highest BCUT2D eigenvalue weighted by Crippen LogP contribution is 2.16. The van der Waals surface area contributed by atoms with Crippen molar-refractivity contribution < 1.29 is 9.53 Å². The molecule has 3 aromatic rings. The van der Waals surface area contributed by atoms with Crippen molar-refractivity contribution in [3.05, 3.63) is 60.4 Å². The molecule has 6 nitrogen and oxygen atoms in total. The van der Waals surface area contributed by atoms with Crippen LogP contribution < -0.4 is 15.4 Å². The van der Waals surface area contributed by atoms with E-state index >= 15 is 0 Å². The van der Waals surface area contributed by atoms with E-state index in [-0.39, 0.29) is 11.0 Å². The first-order valence-corrected chi connectivity index (χ1v) is 9.62. The lowest BCUT2D eigenvalue weighted by Gasteiger charge is -2.11. The van der Waals surface area contributed by atoms with Crippen LogP contribution in [-0.4, -0.2) is 27.6 Å². The Balaban J connectivity index is 1.53. The lowest BCUT2D eigenvalue weighted by Crippen LogP contribution is -2.34. The van der Waals surface area contributed by atoms with Crippen molar-refractivity contribution in [2.45, 2.75) is 26.2 Å². The topological polar surface area (TPSA) is 76.1 Å². The number of anilines is 1. The number of carbonyl (C=O) groups excluding carboxylic acids is 1. The average Bonchev–Trinajstić information content (AvgIpc) is 2.72. The SMILES string of the molecule is CCCCCOc1ccc(NC(=S)NC(=O)c2ccc3nccnc3c2)cc1. The number of nitrogens with zero attached hydrogens (tertiary/aromatic N) is 2. The Bertz CT molecular complexity index is 960. The standard InChI is InChI=1S/C21H22N4O2S/c1-2-3-4-13-27-17-8-6-16(7-9-17)24-21(28)25-20(26)15-5-10-18-19(14-15)23-12-11-22-18/h5-12,14H,2-4,13H2,1H3,(H2,24,25,26,28). The Morgan fingerprint density at radius 2 is 1.79 bits per heavy atom. The molecule has 0 radical (unpaired) electrons. The van der Waals surface area contributed by atoms with Crippen LogP contribution in [0.25, 0.3) is 11.0 Å². The van der Waals surface area contributed by atoms with E-state index in [9.17, 15) is 4.79 Å². The number of unbranched alkanes of at least 4 members (excludes halogenated alkanes) is 2.